The van der Waals surface area contributed by atoms with E-state index in [9.17, 15) is 4.79 Å². The van der Waals surface area contributed by atoms with Gasteiger partial charge in [-0.2, -0.15) is 0 Å². The van der Waals surface area contributed by atoms with Gasteiger partial charge in [-0.05, 0) is 26.7 Å². The number of carbonyl (C=O) groups excluding carboxylic acids is 1. The Bertz CT molecular complexity index is 342. The first-order chi connectivity index (χ1) is 8.02. The third-order valence-electron chi connectivity index (χ3n) is 4.34. The van der Waals surface area contributed by atoms with E-state index in [0.717, 1.165) is 19.4 Å². The molecule has 1 amide bonds. The molecule has 4 atom stereocenters. The lowest BCUT2D eigenvalue weighted by atomic mass is 9.86. The third-order valence-corrected chi connectivity index (χ3v) is 4.34. The molecular weight excluding hydrogens is 218 g/mol. The van der Waals surface area contributed by atoms with Gasteiger partial charge in [0.2, 0.25) is 5.91 Å². The van der Waals surface area contributed by atoms with Crippen molar-refractivity contribution in [2.75, 3.05) is 6.54 Å². The minimum Gasteiger partial charge on any atom is -0.344 e. The summed E-state index contributed by atoms with van der Waals surface area (Å²) in [5.74, 6) is 0.213. The monoisotopic (exact) mass is 239 g/mol. The van der Waals surface area contributed by atoms with E-state index in [2.05, 4.69) is 6.92 Å². The maximum Gasteiger partial charge on any atom is 0.222 e. The highest BCUT2D eigenvalue weighted by molar-refractivity contribution is 5.79. The molecule has 3 rings (SSSR count). The molecule has 3 fully saturated rings. The fourth-order valence-electron chi connectivity index (χ4n) is 3.53. The number of fused-ring (bicyclic) bond motifs is 3. The molecule has 3 aliphatic rings. The molecule has 0 aromatic rings. The lowest BCUT2D eigenvalue weighted by Crippen LogP contribution is -2.56. The van der Waals surface area contributed by atoms with Crippen molar-refractivity contribution in [2.45, 2.75) is 64.1 Å². The standard InChI is InChI=1S/C13H21NO3/c1-4-8-7-14-9(5-6-10(14)15)12-11(8)16-13(2,3)17-12/h8-9,11-12H,4-7H2,1-3H3/t8-,9-,11-,12+/m0/s1. The average Bonchev–Trinajstić information content (AvgIpc) is 2.77. The van der Waals surface area contributed by atoms with Crippen molar-refractivity contribution in [1.82, 2.24) is 4.90 Å². The molecule has 0 spiro atoms. The largest absolute Gasteiger partial charge is 0.344 e. The van der Waals surface area contributed by atoms with Gasteiger partial charge in [0.25, 0.3) is 0 Å². The Morgan fingerprint density at radius 3 is 2.76 bits per heavy atom. The van der Waals surface area contributed by atoms with Gasteiger partial charge in [-0.25, -0.2) is 0 Å². The van der Waals surface area contributed by atoms with Crippen LogP contribution in [-0.4, -0.2) is 41.4 Å². The number of hydrogen-bond donors (Lipinski definition) is 0. The van der Waals surface area contributed by atoms with Crippen LogP contribution in [0.4, 0.5) is 0 Å². The Morgan fingerprint density at radius 1 is 1.35 bits per heavy atom. The predicted octanol–water partition coefficient (Wildman–Crippen LogP) is 1.54. The van der Waals surface area contributed by atoms with Gasteiger partial charge in [-0.15, -0.1) is 0 Å². The number of rotatable bonds is 1. The highest BCUT2D eigenvalue weighted by atomic mass is 16.8. The van der Waals surface area contributed by atoms with E-state index in [0.29, 0.717) is 18.2 Å². The number of amides is 1. The van der Waals surface area contributed by atoms with Crippen LogP contribution >= 0.6 is 0 Å². The van der Waals surface area contributed by atoms with Crippen LogP contribution in [0.2, 0.25) is 0 Å². The number of piperidine rings is 1. The first kappa shape index (κ1) is 11.5. The zero-order chi connectivity index (χ0) is 12.2. The summed E-state index contributed by atoms with van der Waals surface area (Å²) in [7, 11) is 0. The second-order valence-electron chi connectivity index (χ2n) is 5.89. The molecule has 0 aromatic heterocycles. The quantitative estimate of drug-likeness (QED) is 0.696. The Labute approximate surface area is 102 Å². The van der Waals surface area contributed by atoms with Crippen molar-refractivity contribution in [3.63, 3.8) is 0 Å². The summed E-state index contributed by atoms with van der Waals surface area (Å²) in [6, 6.07) is 0.247. The molecule has 4 heteroatoms. The summed E-state index contributed by atoms with van der Waals surface area (Å²) in [6.45, 7) is 6.95. The Morgan fingerprint density at radius 2 is 2.06 bits per heavy atom. The van der Waals surface area contributed by atoms with Crippen molar-refractivity contribution in [3.05, 3.63) is 0 Å². The second-order valence-corrected chi connectivity index (χ2v) is 5.89. The molecule has 0 aliphatic carbocycles. The summed E-state index contributed by atoms with van der Waals surface area (Å²) in [4.78, 5) is 13.9. The fraction of sp³-hybridized carbons (Fsp3) is 0.923. The summed E-state index contributed by atoms with van der Waals surface area (Å²) < 4.78 is 12.1. The van der Waals surface area contributed by atoms with Crippen LogP contribution in [0.25, 0.3) is 0 Å². The maximum absolute atomic E-state index is 11.8. The number of carbonyl (C=O) groups is 1. The van der Waals surface area contributed by atoms with Crippen LogP contribution in [0, 0.1) is 5.92 Å². The molecule has 0 saturated carbocycles. The first-order valence-electron chi connectivity index (χ1n) is 6.67. The van der Waals surface area contributed by atoms with Crippen molar-refractivity contribution < 1.29 is 14.3 Å². The number of nitrogens with zero attached hydrogens (tertiary/aromatic N) is 1. The van der Waals surface area contributed by atoms with E-state index in [4.69, 9.17) is 9.47 Å². The molecule has 4 nitrogen and oxygen atoms in total. The summed E-state index contributed by atoms with van der Waals surface area (Å²) in [6.07, 6.45) is 2.89. The lowest BCUT2D eigenvalue weighted by molar-refractivity contribution is -0.150. The van der Waals surface area contributed by atoms with Gasteiger partial charge in [-0.3, -0.25) is 4.79 Å². The van der Waals surface area contributed by atoms with E-state index >= 15 is 0 Å². The van der Waals surface area contributed by atoms with Gasteiger partial charge >= 0.3 is 0 Å². The van der Waals surface area contributed by atoms with Gasteiger partial charge in [0.15, 0.2) is 5.79 Å². The van der Waals surface area contributed by atoms with Gasteiger partial charge in [0, 0.05) is 18.9 Å². The van der Waals surface area contributed by atoms with Crippen molar-refractivity contribution >= 4 is 5.91 Å². The van der Waals surface area contributed by atoms with Gasteiger partial charge in [0.05, 0.1) is 12.1 Å². The maximum atomic E-state index is 11.8. The number of hydrogen-bond acceptors (Lipinski definition) is 3. The second kappa shape index (κ2) is 3.69. The molecule has 0 unspecified atom stereocenters. The zero-order valence-corrected chi connectivity index (χ0v) is 10.8. The van der Waals surface area contributed by atoms with Crippen LogP contribution in [0.3, 0.4) is 0 Å². The highest BCUT2D eigenvalue weighted by Crippen LogP contribution is 2.43. The summed E-state index contributed by atoms with van der Waals surface area (Å²) in [5.41, 5.74) is 0. The molecule has 3 heterocycles. The smallest absolute Gasteiger partial charge is 0.222 e. The first-order valence-corrected chi connectivity index (χ1v) is 6.67. The molecule has 0 aromatic carbocycles. The predicted molar refractivity (Wildman–Crippen MR) is 62.3 cm³/mol. The van der Waals surface area contributed by atoms with Crippen LogP contribution in [0.1, 0.15) is 40.0 Å². The SMILES string of the molecule is CC[C@H]1CN2C(=O)CC[C@H]2[C@H]2OC(C)(C)O[C@@H]12. The number of ether oxygens (including phenoxy) is 2. The Kier molecular flexibility index (Phi) is 2.49. The van der Waals surface area contributed by atoms with Crippen molar-refractivity contribution in [1.29, 1.82) is 0 Å². The van der Waals surface area contributed by atoms with Gasteiger partial charge < -0.3 is 14.4 Å². The molecule has 0 radical (unpaired) electrons. The Balaban J connectivity index is 1.89. The van der Waals surface area contributed by atoms with E-state index in [1.165, 1.54) is 0 Å². The van der Waals surface area contributed by atoms with Gasteiger partial charge in [0.1, 0.15) is 6.10 Å². The lowest BCUT2D eigenvalue weighted by Gasteiger charge is -2.41. The molecule has 17 heavy (non-hydrogen) atoms. The molecule has 0 N–H and O–H groups in total. The molecule has 96 valence electrons. The average molecular weight is 239 g/mol. The third kappa shape index (κ3) is 1.69. The topological polar surface area (TPSA) is 38.8 Å². The zero-order valence-electron chi connectivity index (χ0n) is 10.8. The van der Waals surface area contributed by atoms with Crippen molar-refractivity contribution in [2.24, 2.45) is 5.92 Å². The van der Waals surface area contributed by atoms with Crippen molar-refractivity contribution in [3.8, 4) is 0 Å². The summed E-state index contributed by atoms with van der Waals surface area (Å²) in [5, 5.41) is 0. The van der Waals surface area contributed by atoms with Gasteiger partial charge in [-0.1, -0.05) is 6.92 Å². The van der Waals surface area contributed by atoms with Crippen LogP contribution < -0.4 is 0 Å². The highest BCUT2D eigenvalue weighted by Gasteiger charge is 2.55. The molecule has 3 saturated heterocycles. The van der Waals surface area contributed by atoms with Crippen LogP contribution in [0.5, 0.6) is 0 Å². The minimum atomic E-state index is -0.496. The minimum absolute atomic E-state index is 0.0788. The van der Waals surface area contributed by atoms with E-state index in [1.807, 2.05) is 18.7 Å². The summed E-state index contributed by atoms with van der Waals surface area (Å²) >= 11 is 0. The van der Waals surface area contributed by atoms with Crippen LogP contribution in [-0.2, 0) is 14.3 Å². The fourth-order valence-corrected chi connectivity index (χ4v) is 3.53. The van der Waals surface area contributed by atoms with E-state index < -0.39 is 5.79 Å². The molecule has 3 aliphatic heterocycles. The van der Waals surface area contributed by atoms with E-state index in [-0.39, 0.29) is 18.2 Å². The molecule has 0 bridgehead atoms. The normalized spacial score (nSPS) is 43.7. The van der Waals surface area contributed by atoms with Crippen LogP contribution in [0.15, 0.2) is 0 Å². The van der Waals surface area contributed by atoms with E-state index in [1.54, 1.807) is 0 Å². The Hall–Kier alpha value is -0.610. The molecular formula is C13H21NO3.